The van der Waals surface area contributed by atoms with Gasteiger partial charge < -0.3 is 11.1 Å². The van der Waals surface area contributed by atoms with Crippen LogP contribution in [0.3, 0.4) is 0 Å². The smallest absolute Gasteiger partial charge is 0.240 e. The SMILES string of the molecule is NC(=O)[C@H](Cc1ccc(Cl)cc1Cl)NC(=O)Cc1ccc(F)cc1F. The molecule has 2 amide bonds. The number of amides is 2. The summed E-state index contributed by atoms with van der Waals surface area (Å²) in [6.07, 6.45) is -0.298. The summed E-state index contributed by atoms with van der Waals surface area (Å²) in [4.78, 5) is 23.7. The van der Waals surface area contributed by atoms with Crippen LogP contribution in [0.1, 0.15) is 11.1 Å². The number of carbonyl (C=O) groups is 2. The number of hydrogen-bond acceptors (Lipinski definition) is 2. The van der Waals surface area contributed by atoms with Gasteiger partial charge in [-0.1, -0.05) is 35.3 Å². The van der Waals surface area contributed by atoms with E-state index in [9.17, 15) is 18.4 Å². The third-order valence-corrected chi connectivity index (χ3v) is 4.07. The third kappa shape index (κ3) is 5.41. The average Bonchev–Trinajstić information content (AvgIpc) is 2.51. The Balaban J connectivity index is 2.07. The Morgan fingerprint density at radius 1 is 1.08 bits per heavy atom. The zero-order chi connectivity index (χ0) is 18.6. The number of carbonyl (C=O) groups excluding carboxylic acids is 2. The molecular weight excluding hydrogens is 373 g/mol. The van der Waals surface area contributed by atoms with E-state index in [0.29, 0.717) is 21.7 Å². The van der Waals surface area contributed by atoms with Gasteiger partial charge in [-0.25, -0.2) is 8.78 Å². The lowest BCUT2D eigenvalue weighted by molar-refractivity contribution is -0.127. The second kappa shape index (κ2) is 8.27. The van der Waals surface area contributed by atoms with E-state index in [-0.39, 0.29) is 18.4 Å². The van der Waals surface area contributed by atoms with Crippen molar-refractivity contribution in [1.82, 2.24) is 5.32 Å². The monoisotopic (exact) mass is 386 g/mol. The summed E-state index contributed by atoms with van der Waals surface area (Å²) in [5.74, 6) is -2.97. The maximum absolute atomic E-state index is 13.6. The zero-order valence-corrected chi connectivity index (χ0v) is 14.4. The predicted molar refractivity (Wildman–Crippen MR) is 91.4 cm³/mol. The first-order valence-corrected chi connectivity index (χ1v) is 7.98. The lowest BCUT2D eigenvalue weighted by atomic mass is 10.0. The molecule has 0 fully saturated rings. The van der Waals surface area contributed by atoms with Crippen molar-refractivity contribution in [2.75, 3.05) is 0 Å². The quantitative estimate of drug-likeness (QED) is 0.800. The molecule has 0 aromatic heterocycles. The van der Waals surface area contributed by atoms with Gasteiger partial charge in [-0.15, -0.1) is 0 Å². The molecule has 0 bridgehead atoms. The van der Waals surface area contributed by atoms with Crippen LogP contribution in [0.15, 0.2) is 36.4 Å². The molecule has 2 aromatic carbocycles. The summed E-state index contributed by atoms with van der Waals surface area (Å²) < 4.78 is 26.5. The molecule has 1 atom stereocenters. The van der Waals surface area contributed by atoms with E-state index in [4.69, 9.17) is 28.9 Å². The lowest BCUT2D eigenvalue weighted by Gasteiger charge is -2.16. The maximum atomic E-state index is 13.6. The number of benzene rings is 2. The van der Waals surface area contributed by atoms with Crippen LogP contribution in [0.2, 0.25) is 10.0 Å². The first-order chi connectivity index (χ1) is 11.8. The van der Waals surface area contributed by atoms with Gasteiger partial charge in [0.2, 0.25) is 11.8 Å². The molecule has 8 heteroatoms. The second-order valence-corrected chi connectivity index (χ2v) is 6.22. The molecule has 0 spiro atoms. The van der Waals surface area contributed by atoms with E-state index < -0.39 is 29.5 Å². The lowest BCUT2D eigenvalue weighted by Crippen LogP contribution is -2.46. The van der Waals surface area contributed by atoms with Crippen molar-refractivity contribution in [3.05, 3.63) is 69.2 Å². The van der Waals surface area contributed by atoms with Crippen LogP contribution in [-0.4, -0.2) is 17.9 Å². The van der Waals surface area contributed by atoms with Crippen LogP contribution in [0.5, 0.6) is 0 Å². The molecule has 0 radical (unpaired) electrons. The van der Waals surface area contributed by atoms with Gasteiger partial charge >= 0.3 is 0 Å². The molecule has 0 heterocycles. The van der Waals surface area contributed by atoms with E-state index in [1.54, 1.807) is 12.1 Å². The molecule has 2 aromatic rings. The van der Waals surface area contributed by atoms with Crippen LogP contribution in [-0.2, 0) is 22.4 Å². The average molecular weight is 387 g/mol. The Kier molecular flexibility index (Phi) is 6.33. The van der Waals surface area contributed by atoms with Crippen molar-refractivity contribution in [2.24, 2.45) is 5.73 Å². The van der Waals surface area contributed by atoms with Gasteiger partial charge in [-0.05, 0) is 29.3 Å². The van der Waals surface area contributed by atoms with Crippen molar-refractivity contribution in [3.8, 4) is 0 Å². The summed E-state index contributed by atoms with van der Waals surface area (Å²) in [6, 6.07) is 6.58. The first-order valence-electron chi connectivity index (χ1n) is 7.23. The largest absolute Gasteiger partial charge is 0.368 e. The van der Waals surface area contributed by atoms with Crippen molar-refractivity contribution in [1.29, 1.82) is 0 Å². The minimum atomic E-state index is -1.03. The normalized spacial score (nSPS) is 11.8. The number of hydrogen-bond donors (Lipinski definition) is 2. The molecule has 0 saturated heterocycles. The molecule has 25 heavy (non-hydrogen) atoms. The zero-order valence-electron chi connectivity index (χ0n) is 12.9. The van der Waals surface area contributed by atoms with Crippen LogP contribution in [0.25, 0.3) is 0 Å². The van der Waals surface area contributed by atoms with Gasteiger partial charge in [0, 0.05) is 22.5 Å². The molecule has 0 saturated carbocycles. The van der Waals surface area contributed by atoms with E-state index in [1.165, 1.54) is 12.1 Å². The van der Waals surface area contributed by atoms with E-state index in [2.05, 4.69) is 5.32 Å². The molecular formula is C17H14Cl2F2N2O2. The van der Waals surface area contributed by atoms with E-state index in [1.807, 2.05) is 0 Å². The summed E-state index contributed by atoms with van der Waals surface area (Å²) in [6.45, 7) is 0. The Morgan fingerprint density at radius 2 is 1.76 bits per heavy atom. The Labute approximate surface area is 152 Å². The summed E-state index contributed by atoms with van der Waals surface area (Å²) in [7, 11) is 0. The van der Waals surface area contributed by atoms with Crippen molar-refractivity contribution >= 4 is 35.0 Å². The minimum Gasteiger partial charge on any atom is -0.368 e. The van der Waals surface area contributed by atoms with Crippen molar-refractivity contribution in [3.63, 3.8) is 0 Å². The van der Waals surface area contributed by atoms with Crippen molar-refractivity contribution < 1.29 is 18.4 Å². The Bertz CT molecular complexity index is 815. The highest BCUT2D eigenvalue weighted by molar-refractivity contribution is 6.35. The highest BCUT2D eigenvalue weighted by Gasteiger charge is 2.21. The molecule has 0 unspecified atom stereocenters. The third-order valence-electron chi connectivity index (χ3n) is 3.48. The Hall–Kier alpha value is -2.18. The number of primary amides is 1. The van der Waals surface area contributed by atoms with Gasteiger partial charge in [0.15, 0.2) is 0 Å². The molecule has 0 aliphatic heterocycles. The fourth-order valence-electron chi connectivity index (χ4n) is 2.21. The molecule has 0 aliphatic carbocycles. The number of nitrogens with one attached hydrogen (secondary N) is 1. The van der Waals surface area contributed by atoms with Gasteiger partial charge in [0.25, 0.3) is 0 Å². The highest BCUT2D eigenvalue weighted by atomic mass is 35.5. The van der Waals surface area contributed by atoms with Gasteiger partial charge in [0.1, 0.15) is 17.7 Å². The van der Waals surface area contributed by atoms with E-state index >= 15 is 0 Å². The second-order valence-electron chi connectivity index (χ2n) is 5.37. The molecule has 2 rings (SSSR count). The topological polar surface area (TPSA) is 72.2 Å². The van der Waals surface area contributed by atoms with Crippen molar-refractivity contribution in [2.45, 2.75) is 18.9 Å². The van der Waals surface area contributed by atoms with Crippen LogP contribution in [0, 0.1) is 11.6 Å². The first kappa shape index (κ1) is 19.1. The maximum Gasteiger partial charge on any atom is 0.240 e. The predicted octanol–water partition coefficient (Wildman–Crippen LogP) is 3.03. The Morgan fingerprint density at radius 3 is 2.36 bits per heavy atom. The molecule has 3 N–H and O–H groups in total. The van der Waals surface area contributed by atoms with Gasteiger partial charge in [-0.3, -0.25) is 9.59 Å². The highest BCUT2D eigenvalue weighted by Crippen LogP contribution is 2.22. The van der Waals surface area contributed by atoms with E-state index in [0.717, 1.165) is 6.07 Å². The van der Waals surface area contributed by atoms with Crippen LogP contribution in [0.4, 0.5) is 8.78 Å². The number of rotatable bonds is 6. The minimum absolute atomic E-state index is 0.00615. The summed E-state index contributed by atoms with van der Waals surface area (Å²) >= 11 is 11.9. The fraction of sp³-hybridized carbons (Fsp3) is 0.176. The fourth-order valence-corrected chi connectivity index (χ4v) is 2.70. The summed E-state index contributed by atoms with van der Waals surface area (Å²) in [5.41, 5.74) is 5.89. The molecule has 0 aliphatic rings. The van der Waals surface area contributed by atoms with Gasteiger partial charge in [-0.2, -0.15) is 0 Å². The van der Waals surface area contributed by atoms with Crippen LogP contribution >= 0.6 is 23.2 Å². The molecule has 132 valence electrons. The van der Waals surface area contributed by atoms with Gasteiger partial charge in [0.05, 0.1) is 6.42 Å². The summed E-state index contributed by atoms with van der Waals surface area (Å²) in [5, 5.41) is 3.19. The number of halogens is 4. The van der Waals surface area contributed by atoms with Crippen LogP contribution < -0.4 is 11.1 Å². The standard InChI is InChI=1S/C17H14Cl2F2N2O2/c18-11-3-1-9(13(19)7-11)5-15(17(22)25)23-16(24)6-10-2-4-12(20)8-14(10)21/h1-4,7-8,15H,5-6H2,(H2,22,25)(H,23,24)/t15-/m0/s1. The molecule has 4 nitrogen and oxygen atoms in total. The number of nitrogens with two attached hydrogens (primary N) is 1.